The third kappa shape index (κ3) is 1.89. The summed E-state index contributed by atoms with van der Waals surface area (Å²) in [7, 11) is 0. The molecule has 1 unspecified atom stereocenters. The molecule has 0 amide bonds. The Bertz CT molecular complexity index is 610. The van der Waals surface area contributed by atoms with Crippen LogP contribution in [0.15, 0.2) is 39.9 Å². The predicted molar refractivity (Wildman–Crippen MR) is 57.9 cm³/mol. The van der Waals surface area contributed by atoms with E-state index in [1.165, 1.54) is 12.1 Å². The van der Waals surface area contributed by atoms with Gasteiger partial charge in [-0.3, -0.25) is 0 Å². The lowest BCUT2D eigenvalue weighted by Gasteiger charge is -2.11. The van der Waals surface area contributed by atoms with Gasteiger partial charge in [0.2, 0.25) is 0 Å². The topological polar surface area (TPSA) is 108 Å². The highest BCUT2D eigenvalue weighted by Gasteiger charge is 2.25. The van der Waals surface area contributed by atoms with E-state index in [0.29, 0.717) is 10.1 Å². The Morgan fingerprint density at radius 1 is 1.12 bits per heavy atom. The number of carbonyl (C=O) groups is 1. The van der Waals surface area contributed by atoms with Crippen molar-refractivity contribution in [3.05, 3.63) is 56.9 Å². The normalized spacial score (nSPS) is 12.2. The summed E-state index contributed by atoms with van der Waals surface area (Å²) in [6.07, 6.45) is 0. The highest BCUT2D eigenvalue weighted by Crippen LogP contribution is 2.14. The molecule has 2 rings (SSSR count). The molecule has 1 heterocycles. The first kappa shape index (κ1) is 10.9. The minimum atomic E-state index is -1.33. The molecular formula is C10H9N3O4. The number of rotatable bonds is 3. The molecule has 0 spiro atoms. The number of aromatic nitrogens is 3. The third-order valence-corrected chi connectivity index (χ3v) is 2.32. The molecule has 2 aromatic rings. The molecule has 7 nitrogen and oxygen atoms in total. The lowest BCUT2D eigenvalue weighted by atomic mass is 10.1. The maximum Gasteiger partial charge on any atom is 0.345 e. The molecule has 0 aliphatic rings. The standard InChI is InChI=1S/C10H9N3O4/c14-8(15)7(6-4-2-1-3-5-6)13-9(16)11-12-10(13)17/h1-5,7H,(H,11,16)(H,12,17)(H,14,15). The van der Waals surface area contributed by atoms with Gasteiger partial charge in [-0.1, -0.05) is 30.3 Å². The van der Waals surface area contributed by atoms with Gasteiger partial charge in [-0.25, -0.2) is 29.1 Å². The molecule has 0 bridgehead atoms. The quantitative estimate of drug-likeness (QED) is 0.668. The summed E-state index contributed by atoms with van der Waals surface area (Å²) < 4.78 is 0.623. The van der Waals surface area contributed by atoms with Crippen molar-refractivity contribution in [2.75, 3.05) is 0 Å². The van der Waals surface area contributed by atoms with Gasteiger partial charge in [0.15, 0.2) is 6.04 Å². The van der Waals surface area contributed by atoms with Gasteiger partial charge in [0.05, 0.1) is 0 Å². The summed E-state index contributed by atoms with van der Waals surface area (Å²) in [5, 5.41) is 13.2. The molecule has 1 atom stereocenters. The molecule has 88 valence electrons. The number of H-pyrrole nitrogens is 2. The van der Waals surface area contributed by atoms with Crippen LogP contribution >= 0.6 is 0 Å². The molecule has 0 saturated carbocycles. The first-order valence-corrected chi connectivity index (χ1v) is 4.78. The summed E-state index contributed by atoms with van der Waals surface area (Å²) in [4.78, 5) is 33.9. The van der Waals surface area contributed by atoms with E-state index in [1.54, 1.807) is 18.2 Å². The summed E-state index contributed by atoms with van der Waals surface area (Å²) >= 11 is 0. The molecule has 0 aliphatic carbocycles. The van der Waals surface area contributed by atoms with E-state index in [4.69, 9.17) is 5.11 Å². The van der Waals surface area contributed by atoms with Gasteiger partial charge in [-0.2, -0.15) is 0 Å². The molecule has 0 aliphatic heterocycles. The van der Waals surface area contributed by atoms with Gasteiger partial charge in [-0.15, -0.1) is 0 Å². The van der Waals surface area contributed by atoms with E-state index in [-0.39, 0.29) is 0 Å². The first-order valence-electron chi connectivity index (χ1n) is 4.78. The molecule has 3 N–H and O–H groups in total. The van der Waals surface area contributed by atoms with Crippen LogP contribution in [0.4, 0.5) is 0 Å². The molecule has 0 radical (unpaired) electrons. The number of benzene rings is 1. The summed E-state index contributed by atoms with van der Waals surface area (Å²) in [6, 6.07) is 6.73. The predicted octanol–water partition coefficient (Wildman–Crippen LogP) is -0.461. The maximum absolute atomic E-state index is 11.4. The van der Waals surface area contributed by atoms with Crippen molar-refractivity contribution in [3.63, 3.8) is 0 Å². The van der Waals surface area contributed by atoms with Crippen molar-refractivity contribution in [1.82, 2.24) is 14.8 Å². The summed E-state index contributed by atoms with van der Waals surface area (Å²) in [5.74, 6) is -1.27. The van der Waals surface area contributed by atoms with Crippen LogP contribution in [0.3, 0.4) is 0 Å². The Labute approximate surface area is 94.3 Å². The number of hydrogen-bond donors (Lipinski definition) is 3. The van der Waals surface area contributed by atoms with Crippen molar-refractivity contribution < 1.29 is 9.90 Å². The van der Waals surface area contributed by atoms with Gasteiger partial charge in [0.1, 0.15) is 0 Å². The molecule has 1 aromatic carbocycles. The van der Waals surface area contributed by atoms with Crippen LogP contribution in [0.5, 0.6) is 0 Å². The summed E-state index contributed by atoms with van der Waals surface area (Å²) in [5.41, 5.74) is -1.22. The number of aromatic amines is 2. The Balaban J connectivity index is 2.63. The minimum absolute atomic E-state index is 0.354. The van der Waals surface area contributed by atoms with E-state index in [9.17, 15) is 14.4 Å². The van der Waals surface area contributed by atoms with Crippen molar-refractivity contribution in [2.45, 2.75) is 6.04 Å². The maximum atomic E-state index is 11.4. The van der Waals surface area contributed by atoms with E-state index in [1.807, 2.05) is 10.2 Å². The molecule has 17 heavy (non-hydrogen) atoms. The zero-order chi connectivity index (χ0) is 12.4. The molecule has 0 saturated heterocycles. The molecule has 7 heteroatoms. The number of aliphatic carboxylic acids is 1. The zero-order valence-corrected chi connectivity index (χ0v) is 8.58. The van der Waals surface area contributed by atoms with Gasteiger partial charge in [0, 0.05) is 0 Å². The highest BCUT2D eigenvalue weighted by molar-refractivity contribution is 5.75. The van der Waals surface area contributed by atoms with Gasteiger partial charge >= 0.3 is 17.3 Å². The number of nitrogens with zero attached hydrogens (tertiary/aromatic N) is 1. The summed E-state index contributed by atoms with van der Waals surface area (Å²) in [6.45, 7) is 0. The van der Waals surface area contributed by atoms with Gasteiger partial charge < -0.3 is 5.11 Å². The second-order valence-corrected chi connectivity index (χ2v) is 3.38. The number of nitrogens with one attached hydrogen (secondary N) is 2. The van der Waals surface area contributed by atoms with Crippen LogP contribution in [0.2, 0.25) is 0 Å². The second kappa shape index (κ2) is 4.12. The average molecular weight is 235 g/mol. The van der Waals surface area contributed by atoms with Crippen LogP contribution < -0.4 is 11.4 Å². The monoisotopic (exact) mass is 235 g/mol. The SMILES string of the molecule is O=C(O)C(c1ccccc1)n1c(=O)[nH][nH]c1=O. The molecule has 1 aromatic heterocycles. The van der Waals surface area contributed by atoms with Crippen molar-refractivity contribution >= 4 is 5.97 Å². The smallest absolute Gasteiger partial charge is 0.345 e. The van der Waals surface area contributed by atoms with Crippen LogP contribution in [-0.2, 0) is 4.79 Å². The number of hydrogen-bond acceptors (Lipinski definition) is 3. The fourth-order valence-electron chi connectivity index (χ4n) is 1.59. The van der Waals surface area contributed by atoms with E-state index >= 15 is 0 Å². The van der Waals surface area contributed by atoms with Crippen LogP contribution in [0, 0.1) is 0 Å². The van der Waals surface area contributed by atoms with Crippen molar-refractivity contribution in [2.24, 2.45) is 0 Å². The lowest BCUT2D eigenvalue weighted by molar-refractivity contribution is -0.139. The minimum Gasteiger partial charge on any atom is -0.479 e. The van der Waals surface area contributed by atoms with E-state index in [2.05, 4.69) is 0 Å². The highest BCUT2D eigenvalue weighted by atomic mass is 16.4. The molecular weight excluding hydrogens is 226 g/mol. The van der Waals surface area contributed by atoms with Gasteiger partial charge in [0.25, 0.3) is 0 Å². The van der Waals surface area contributed by atoms with Gasteiger partial charge in [-0.05, 0) is 5.56 Å². The number of carboxylic acid groups (broad SMARTS) is 1. The van der Waals surface area contributed by atoms with Crippen molar-refractivity contribution in [3.8, 4) is 0 Å². The van der Waals surface area contributed by atoms with Crippen molar-refractivity contribution in [1.29, 1.82) is 0 Å². The fraction of sp³-hybridized carbons (Fsp3) is 0.100. The second-order valence-electron chi connectivity index (χ2n) is 3.38. The van der Waals surface area contributed by atoms with E-state index < -0.39 is 23.4 Å². The largest absolute Gasteiger partial charge is 0.479 e. The van der Waals surface area contributed by atoms with E-state index in [0.717, 1.165) is 0 Å². The average Bonchev–Trinajstić information content (AvgIpc) is 2.62. The Morgan fingerprint density at radius 2 is 1.65 bits per heavy atom. The zero-order valence-electron chi connectivity index (χ0n) is 8.58. The van der Waals surface area contributed by atoms with Crippen LogP contribution in [0.1, 0.15) is 11.6 Å². The fourth-order valence-corrected chi connectivity index (χ4v) is 1.59. The van der Waals surface area contributed by atoms with Crippen LogP contribution in [-0.4, -0.2) is 25.8 Å². The third-order valence-electron chi connectivity index (χ3n) is 2.32. The lowest BCUT2D eigenvalue weighted by Crippen LogP contribution is -2.35. The Morgan fingerprint density at radius 3 is 2.12 bits per heavy atom. The first-order chi connectivity index (χ1) is 8.11. The Kier molecular flexibility index (Phi) is 2.65. The Hall–Kier alpha value is -2.57. The molecule has 0 fully saturated rings. The number of carboxylic acids is 1. The van der Waals surface area contributed by atoms with Crippen LogP contribution in [0.25, 0.3) is 0 Å².